The lowest BCUT2D eigenvalue weighted by molar-refractivity contribution is -0.140. The number of aliphatic imine (C=N–C) groups is 1. The van der Waals surface area contributed by atoms with Gasteiger partial charge < -0.3 is 15.4 Å². The summed E-state index contributed by atoms with van der Waals surface area (Å²) in [6, 6.07) is 6.49. The molecule has 0 radical (unpaired) electrons. The molecule has 1 aromatic carbocycles. The molecule has 0 saturated carbocycles. The SMILES string of the molecule is CN=C(NCCCSc1ccc(F)cc1)NCCC(=O)OC. The van der Waals surface area contributed by atoms with Crippen LogP contribution < -0.4 is 10.6 Å². The maximum absolute atomic E-state index is 12.8. The number of hydrogen-bond donors (Lipinski definition) is 2. The second kappa shape index (κ2) is 10.9. The van der Waals surface area contributed by atoms with E-state index in [0.29, 0.717) is 18.9 Å². The Morgan fingerprint density at radius 2 is 1.95 bits per heavy atom. The lowest BCUT2D eigenvalue weighted by Gasteiger charge is -2.11. The number of ether oxygens (including phenoxy) is 1. The van der Waals surface area contributed by atoms with Crippen LogP contribution in [0.15, 0.2) is 34.2 Å². The number of hydrogen-bond acceptors (Lipinski definition) is 4. The molecule has 0 bridgehead atoms. The first-order chi connectivity index (χ1) is 10.7. The molecule has 1 rings (SSSR count). The summed E-state index contributed by atoms with van der Waals surface area (Å²) in [5.41, 5.74) is 0. The van der Waals surface area contributed by atoms with Crippen molar-refractivity contribution in [3.05, 3.63) is 30.1 Å². The Labute approximate surface area is 134 Å². The van der Waals surface area contributed by atoms with Gasteiger partial charge in [-0.1, -0.05) is 0 Å². The molecule has 0 aromatic heterocycles. The number of benzene rings is 1. The summed E-state index contributed by atoms with van der Waals surface area (Å²) in [7, 11) is 3.05. The lowest BCUT2D eigenvalue weighted by Crippen LogP contribution is -2.38. The Hall–Kier alpha value is -1.76. The van der Waals surface area contributed by atoms with Crippen LogP contribution >= 0.6 is 11.8 Å². The Bertz CT molecular complexity index is 480. The quantitative estimate of drug-likeness (QED) is 0.251. The number of carbonyl (C=O) groups excluding carboxylic acids is 1. The van der Waals surface area contributed by atoms with Crippen molar-refractivity contribution in [3.63, 3.8) is 0 Å². The molecule has 0 atom stereocenters. The van der Waals surface area contributed by atoms with Gasteiger partial charge in [-0.2, -0.15) is 0 Å². The summed E-state index contributed by atoms with van der Waals surface area (Å²) in [5, 5.41) is 6.21. The number of nitrogens with zero attached hydrogens (tertiary/aromatic N) is 1. The summed E-state index contributed by atoms with van der Waals surface area (Å²) < 4.78 is 17.3. The third kappa shape index (κ3) is 7.87. The van der Waals surface area contributed by atoms with Crippen molar-refractivity contribution in [2.75, 3.05) is 33.0 Å². The molecule has 0 heterocycles. The molecule has 0 aliphatic carbocycles. The number of methoxy groups -OCH3 is 1. The number of nitrogens with one attached hydrogen (secondary N) is 2. The lowest BCUT2D eigenvalue weighted by atomic mass is 10.4. The third-order valence-electron chi connectivity index (χ3n) is 2.77. The summed E-state index contributed by atoms with van der Waals surface area (Å²) in [6.07, 6.45) is 1.25. The number of esters is 1. The minimum atomic E-state index is -0.251. The van der Waals surface area contributed by atoms with Gasteiger partial charge in [-0.3, -0.25) is 9.79 Å². The highest BCUT2D eigenvalue weighted by molar-refractivity contribution is 7.99. The van der Waals surface area contributed by atoms with Gasteiger partial charge in [0, 0.05) is 25.0 Å². The monoisotopic (exact) mass is 327 g/mol. The average molecular weight is 327 g/mol. The van der Waals surface area contributed by atoms with E-state index >= 15 is 0 Å². The number of halogens is 1. The third-order valence-corrected chi connectivity index (χ3v) is 3.87. The minimum Gasteiger partial charge on any atom is -0.469 e. The van der Waals surface area contributed by atoms with Crippen molar-refractivity contribution in [1.82, 2.24) is 10.6 Å². The van der Waals surface area contributed by atoms with Crippen LogP contribution in [0.3, 0.4) is 0 Å². The van der Waals surface area contributed by atoms with Crippen molar-refractivity contribution in [1.29, 1.82) is 0 Å². The van der Waals surface area contributed by atoms with Gasteiger partial charge in [-0.25, -0.2) is 4.39 Å². The largest absolute Gasteiger partial charge is 0.469 e. The molecule has 1 aromatic rings. The Balaban J connectivity index is 2.11. The highest BCUT2D eigenvalue weighted by Gasteiger charge is 2.01. The molecule has 0 saturated heterocycles. The van der Waals surface area contributed by atoms with E-state index in [1.165, 1.54) is 19.2 Å². The number of guanidine groups is 1. The first kappa shape index (κ1) is 18.3. The van der Waals surface area contributed by atoms with E-state index in [9.17, 15) is 9.18 Å². The fourth-order valence-electron chi connectivity index (χ4n) is 1.61. The molecule has 2 N–H and O–H groups in total. The second-order valence-electron chi connectivity index (χ2n) is 4.41. The average Bonchev–Trinajstić information content (AvgIpc) is 2.54. The minimum absolute atomic E-state index is 0.215. The molecular formula is C15H22FN3O2S. The van der Waals surface area contributed by atoms with Gasteiger partial charge in [0.25, 0.3) is 0 Å². The molecule has 0 aliphatic rings. The molecule has 122 valence electrons. The summed E-state index contributed by atoms with van der Waals surface area (Å²) >= 11 is 1.69. The molecule has 0 fully saturated rings. The Kier molecular flexibility index (Phi) is 9.06. The van der Waals surface area contributed by atoms with Crippen molar-refractivity contribution in [2.45, 2.75) is 17.7 Å². The molecule has 0 aliphatic heterocycles. The van der Waals surface area contributed by atoms with Crippen molar-refractivity contribution >= 4 is 23.7 Å². The Morgan fingerprint density at radius 3 is 2.59 bits per heavy atom. The van der Waals surface area contributed by atoms with E-state index in [1.54, 1.807) is 30.9 Å². The molecule has 0 spiro atoms. The van der Waals surface area contributed by atoms with Crippen LogP contribution in [0.4, 0.5) is 4.39 Å². The zero-order valence-corrected chi connectivity index (χ0v) is 13.7. The standard InChI is InChI=1S/C15H22FN3O2S/c1-17-15(19-10-8-14(20)21-2)18-9-3-11-22-13-6-4-12(16)5-7-13/h4-7H,3,8-11H2,1-2H3,(H2,17,18,19). The molecule has 7 heteroatoms. The van der Waals surface area contributed by atoms with E-state index in [1.807, 2.05) is 0 Å². The predicted octanol–water partition coefficient (Wildman–Crippen LogP) is 2.04. The first-order valence-electron chi connectivity index (χ1n) is 7.05. The summed E-state index contributed by atoms with van der Waals surface area (Å²) in [5.74, 6) is 1.12. The molecule has 0 unspecified atom stereocenters. The van der Waals surface area contributed by atoms with Crippen molar-refractivity contribution in [2.24, 2.45) is 4.99 Å². The van der Waals surface area contributed by atoms with Gasteiger partial charge in [0.1, 0.15) is 5.82 Å². The van der Waals surface area contributed by atoms with Crippen molar-refractivity contribution < 1.29 is 13.9 Å². The topological polar surface area (TPSA) is 62.7 Å². The number of thioether (sulfide) groups is 1. The van der Waals surface area contributed by atoms with Crippen LogP contribution in [-0.4, -0.2) is 44.9 Å². The van der Waals surface area contributed by atoms with E-state index < -0.39 is 0 Å². The smallest absolute Gasteiger partial charge is 0.307 e. The second-order valence-corrected chi connectivity index (χ2v) is 5.58. The summed E-state index contributed by atoms with van der Waals surface area (Å²) in [4.78, 5) is 16.1. The van der Waals surface area contributed by atoms with E-state index in [2.05, 4.69) is 20.4 Å². The maximum Gasteiger partial charge on any atom is 0.307 e. The van der Waals surface area contributed by atoms with Crippen LogP contribution in [0.2, 0.25) is 0 Å². The van der Waals surface area contributed by atoms with Gasteiger partial charge in [0.2, 0.25) is 0 Å². The van der Waals surface area contributed by atoms with Gasteiger partial charge in [0.15, 0.2) is 5.96 Å². The van der Waals surface area contributed by atoms with E-state index in [-0.39, 0.29) is 11.8 Å². The highest BCUT2D eigenvalue weighted by atomic mass is 32.2. The van der Waals surface area contributed by atoms with Gasteiger partial charge in [-0.05, 0) is 36.4 Å². The fraction of sp³-hybridized carbons (Fsp3) is 0.467. The van der Waals surface area contributed by atoms with Crippen LogP contribution in [0.25, 0.3) is 0 Å². The van der Waals surface area contributed by atoms with Crippen LogP contribution in [0, 0.1) is 5.82 Å². The van der Waals surface area contributed by atoms with Crippen molar-refractivity contribution in [3.8, 4) is 0 Å². The van der Waals surface area contributed by atoms with E-state index in [0.717, 1.165) is 23.6 Å². The molecule has 5 nitrogen and oxygen atoms in total. The number of carbonyl (C=O) groups is 1. The maximum atomic E-state index is 12.8. The van der Waals surface area contributed by atoms with E-state index in [4.69, 9.17) is 0 Å². The molecule has 22 heavy (non-hydrogen) atoms. The summed E-state index contributed by atoms with van der Waals surface area (Å²) in [6.45, 7) is 1.25. The zero-order chi connectivity index (χ0) is 16.2. The van der Waals surface area contributed by atoms with Gasteiger partial charge in [-0.15, -0.1) is 11.8 Å². The fourth-order valence-corrected chi connectivity index (χ4v) is 2.46. The van der Waals surface area contributed by atoms with Crippen LogP contribution in [0.1, 0.15) is 12.8 Å². The normalized spacial score (nSPS) is 11.1. The molecular weight excluding hydrogens is 305 g/mol. The number of rotatable bonds is 8. The van der Waals surface area contributed by atoms with Crippen LogP contribution in [-0.2, 0) is 9.53 Å². The van der Waals surface area contributed by atoms with Gasteiger partial charge in [0.05, 0.1) is 13.5 Å². The van der Waals surface area contributed by atoms with Gasteiger partial charge >= 0.3 is 5.97 Å². The highest BCUT2D eigenvalue weighted by Crippen LogP contribution is 2.18. The Morgan fingerprint density at radius 1 is 1.27 bits per heavy atom. The predicted molar refractivity (Wildman–Crippen MR) is 87.7 cm³/mol. The van der Waals surface area contributed by atoms with Crippen LogP contribution in [0.5, 0.6) is 0 Å². The zero-order valence-electron chi connectivity index (χ0n) is 12.9. The first-order valence-corrected chi connectivity index (χ1v) is 8.04. The molecule has 0 amide bonds.